The predicted molar refractivity (Wildman–Crippen MR) is 149 cm³/mol. The second kappa shape index (κ2) is 12.2. The summed E-state index contributed by atoms with van der Waals surface area (Å²) in [4.78, 5) is 48.5. The number of hydrogen-bond donors (Lipinski definition) is 2. The minimum atomic E-state index is -5.17. The SMILES string of the molecule is CN1CCCN(C(=O)CN2CC(Cc3c[nH]c4ccccc34)NC(C(=O)c3cc(C(F)(F)F)cc(C(F)(F)F)c3)C2=O)CC1. The molecule has 2 saturated heterocycles. The number of H-pyrrole nitrogens is 1. The van der Waals surface area contributed by atoms with E-state index in [2.05, 4.69) is 15.2 Å². The van der Waals surface area contributed by atoms with Crippen molar-refractivity contribution in [2.75, 3.05) is 46.3 Å². The van der Waals surface area contributed by atoms with Gasteiger partial charge in [0.25, 0.3) is 0 Å². The molecule has 236 valence electrons. The monoisotopic (exact) mass is 623 g/mol. The molecule has 0 aliphatic carbocycles. The van der Waals surface area contributed by atoms with Crippen LogP contribution in [0.25, 0.3) is 10.9 Å². The number of carbonyl (C=O) groups excluding carboxylic acids is 3. The molecular weight excluding hydrogens is 592 g/mol. The van der Waals surface area contributed by atoms with Gasteiger partial charge in [0.15, 0.2) is 11.8 Å². The highest BCUT2D eigenvalue weighted by atomic mass is 19.4. The van der Waals surface area contributed by atoms with Crippen LogP contribution in [0.5, 0.6) is 0 Å². The minimum Gasteiger partial charge on any atom is -0.361 e. The summed E-state index contributed by atoms with van der Waals surface area (Å²) in [5.41, 5.74) is -2.57. The molecule has 2 fully saturated rings. The summed E-state index contributed by atoms with van der Waals surface area (Å²) in [5.74, 6) is -2.49. The summed E-state index contributed by atoms with van der Waals surface area (Å²) >= 11 is 0. The molecule has 2 aliphatic rings. The highest BCUT2D eigenvalue weighted by Gasteiger charge is 2.42. The van der Waals surface area contributed by atoms with Crippen LogP contribution < -0.4 is 5.32 Å². The van der Waals surface area contributed by atoms with Gasteiger partial charge in [-0.3, -0.25) is 19.7 Å². The van der Waals surface area contributed by atoms with Gasteiger partial charge in [0.05, 0.1) is 17.7 Å². The van der Waals surface area contributed by atoms with Gasteiger partial charge in [0.1, 0.15) is 0 Å². The maximum atomic E-state index is 13.6. The van der Waals surface area contributed by atoms with Gasteiger partial charge in [0.2, 0.25) is 11.8 Å². The number of para-hydroxylation sites is 1. The van der Waals surface area contributed by atoms with Crippen molar-refractivity contribution in [3.8, 4) is 0 Å². The number of halogens is 6. The average molecular weight is 624 g/mol. The largest absolute Gasteiger partial charge is 0.416 e. The summed E-state index contributed by atoms with van der Waals surface area (Å²) in [6, 6.07) is 5.53. The van der Waals surface area contributed by atoms with E-state index in [0.717, 1.165) is 29.4 Å². The first-order chi connectivity index (χ1) is 20.7. The summed E-state index contributed by atoms with van der Waals surface area (Å²) in [6.45, 7) is 1.93. The Hall–Kier alpha value is -3.91. The number of fused-ring (bicyclic) bond motifs is 1. The Morgan fingerprint density at radius 3 is 2.30 bits per heavy atom. The zero-order valence-corrected chi connectivity index (χ0v) is 23.8. The molecule has 8 nitrogen and oxygen atoms in total. The lowest BCUT2D eigenvalue weighted by molar-refractivity contribution is -0.143. The Balaban J connectivity index is 1.46. The summed E-state index contributed by atoms with van der Waals surface area (Å²) < 4.78 is 81.2. The minimum absolute atomic E-state index is 0.00199. The van der Waals surface area contributed by atoms with Crippen LogP contribution in [-0.4, -0.2) is 95.7 Å². The molecule has 3 heterocycles. The van der Waals surface area contributed by atoms with Crippen LogP contribution in [-0.2, 0) is 28.4 Å². The van der Waals surface area contributed by atoms with Crippen LogP contribution in [0.3, 0.4) is 0 Å². The first kappa shape index (κ1) is 31.5. The van der Waals surface area contributed by atoms with E-state index in [9.17, 15) is 40.7 Å². The molecule has 0 bridgehead atoms. The third-order valence-corrected chi connectivity index (χ3v) is 8.08. The number of hydrogen-bond acceptors (Lipinski definition) is 5. The number of carbonyl (C=O) groups is 3. The average Bonchev–Trinajstić information content (AvgIpc) is 3.23. The standard InChI is InChI=1S/C30H31F6N5O3/c1-39-7-4-8-40(10-9-39)25(42)17-41-16-22(13-19-15-37-24-6-3-2-5-23(19)24)38-26(28(41)44)27(43)18-11-20(29(31,32)33)14-21(12-18)30(34,35)36/h2-3,5-6,11-12,14-15,22,26,37-38H,4,7-10,13,16-17H2,1H3. The van der Waals surface area contributed by atoms with Crippen molar-refractivity contribution in [2.24, 2.45) is 0 Å². The second-order valence-electron chi connectivity index (χ2n) is 11.3. The van der Waals surface area contributed by atoms with E-state index >= 15 is 0 Å². The Labute approximate surface area is 249 Å². The molecule has 2 unspecified atom stereocenters. The molecule has 1 aromatic heterocycles. The molecule has 14 heteroatoms. The van der Waals surface area contributed by atoms with Crippen LogP contribution >= 0.6 is 0 Å². The lowest BCUT2D eigenvalue weighted by Crippen LogP contribution is -2.64. The van der Waals surface area contributed by atoms with Gasteiger partial charge in [-0.05, 0) is 56.3 Å². The second-order valence-corrected chi connectivity index (χ2v) is 11.3. The van der Waals surface area contributed by atoms with Gasteiger partial charge in [0, 0.05) is 54.9 Å². The van der Waals surface area contributed by atoms with Crippen molar-refractivity contribution in [1.29, 1.82) is 0 Å². The Morgan fingerprint density at radius 2 is 1.61 bits per heavy atom. The zero-order chi connectivity index (χ0) is 31.8. The van der Waals surface area contributed by atoms with Crippen molar-refractivity contribution < 1.29 is 40.7 Å². The lowest BCUT2D eigenvalue weighted by atomic mass is 9.94. The fourth-order valence-corrected chi connectivity index (χ4v) is 5.74. The number of ketones is 1. The number of amides is 2. The smallest absolute Gasteiger partial charge is 0.361 e. The summed E-state index contributed by atoms with van der Waals surface area (Å²) in [7, 11) is 1.93. The number of piperazine rings is 1. The van der Waals surface area contributed by atoms with Gasteiger partial charge in [-0.15, -0.1) is 0 Å². The first-order valence-electron chi connectivity index (χ1n) is 14.1. The topological polar surface area (TPSA) is 88.8 Å². The van der Waals surface area contributed by atoms with E-state index in [4.69, 9.17) is 0 Å². The number of Topliss-reactive ketones (excluding diaryl/α,β-unsaturated/α-hetero) is 1. The first-order valence-corrected chi connectivity index (χ1v) is 14.1. The molecule has 3 aromatic rings. The van der Waals surface area contributed by atoms with E-state index in [0.29, 0.717) is 31.8 Å². The Kier molecular flexibility index (Phi) is 8.76. The van der Waals surface area contributed by atoms with Gasteiger partial charge in [-0.25, -0.2) is 0 Å². The maximum absolute atomic E-state index is 13.6. The van der Waals surface area contributed by atoms with Gasteiger partial charge in [-0.1, -0.05) is 18.2 Å². The highest BCUT2D eigenvalue weighted by molar-refractivity contribution is 6.14. The fraction of sp³-hybridized carbons (Fsp3) is 0.433. The number of nitrogens with zero attached hydrogens (tertiary/aromatic N) is 3. The Morgan fingerprint density at radius 1 is 0.932 bits per heavy atom. The van der Waals surface area contributed by atoms with Gasteiger partial charge >= 0.3 is 12.4 Å². The highest BCUT2D eigenvalue weighted by Crippen LogP contribution is 2.37. The number of alkyl halides is 6. The van der Waals surface area contributed by atoms with Crippen molar-refractivity contribution in [3.63, 3.8) is 0 Å². The van der Waals surface area contributed by atoms with E-state index < -0.39 is 52.8 Å². The molecule has 0 radical (unpaired) electrons. The molecule has 0 spiro atoms. The number of nitrogens with one attached hydrogen (secondary N) is 2. The van der Waals surface area contributed by atoms with Gasteiger partial charge < -0.3 is 19.7 Å². The normalized spacial score (nSPS) is 20.7. The summed E-state index contributed by atoms with van der Waals surface area (Å²) in [5, 5.41) is 3.74. The predicted octanol–water partition coefficient (Wildman–Crippen LogP) is 3.96. The van der Waals surface area contributed by atoms with Crippen molar-refractivity contribution >= 4 is 28.5 Å². The van der Waals surface area contributed by atoms with Crippen LogP contribution in [0.1, 0.15) is 33.5 Å². The number of benzene rings is 2. The van der Waals surface area contributed by atoms with Crippen LogP contribution in [0, 0.1) is 0 Å². The van der Waals surface area contributed by atoms with E-state index in [1.54, 1.807) is 11.1 Å². The van der Waals surface area contributed by atoms with Crippen molar-refractivity contribution in [3.05, 3.63) is 70.9 Å². The van der Waals surface area contributed by atoms with E-state index in [-0.39, 0.29) is 31.5 Å². The van der Waals surface area contributed by atoms with Crippen LogP contribution in [0.15, 0.2) is 48.7 Å². The van der Waals surface area contributed by atoms with E-state index in [1.807, 2.05) is 31.3 Å². The zero-order valence-electron chi connectivity index (χ0n) is 23.8. The van der Waals surface area contributed by atoms with Crippen molar-refractivity contribution in [2.45, 2.75) is 37.3 Å². The Bertz CT molecular complexity index is 1520. The number of aromatic amines is 1. The van der Waals surface area contributed by atoms with Crippen LogP contribution in [0.2, 0.25) is 0 Å². The van der Waals surface area contributed by atoms with E-state index in [1.165, 1.54) is 4.90 Å². The van der Waals surface area contributed by atoms with Crippen LogP contribution in [0.4, 0.5) is 26.3 Å². The molecule has 2 N–H and O–H groups in total. The number of rotatable bonds is 6. The molecule has 44 heavy (non-hydrogen) atoms. The third kappa shape index (κ3) is 6.91. The molecule has 0 saturated carbocycles. The lowest BCUT2D eigenvalue weighted by Gasteiger charge is -2.38. The summed E-state index contributed by atoms with van der Waals surface area (Å²) in [6.07, 6.45) is -7.60. The molecule has 2 atom stereocenters. The number of likely N-dealkylation sites (N-methyl/N-ethyl adjacent to an activating group) is 1. The van der Waals surface area contributed by atoms with Gasteiger partial charge in [-0.2, -0.15) is 26.3 Å². The fourth-order valence-electron chi connectivity index (χ4n) is 5.74. The third-order valence-electron chi connectivity index (χ3n) is 8.08. The molecule has 5 rings (SSSR count). The molecule has 2 aliphatic heterocycles. The quantitative estimate of drug-likeness (QED) is 0.247. The maximum Gasteiger partial charge on any atom is 0.416 e. The van der Waals surface area contributed by atoms with Crippen molar-refractivity contribution in [1.82, 2.24) is 25.0 Å². The molecule has 2 amide bonds. The molecule has 2 aromatic carbocycles. The molecular formula is C30H31F6N5O3. The number of aromatic nitrogens is 1.